The van der Waals surface area contributed by atoms with Gasteiger partial charge in [0.25, 0.3) is 5.56 Å². The average molecular weight is 228 g/mol. The molecule has 0 atom stereocenters. The van der Waals surface area contributed by atoms with Gasteiger partial charge in [0.15, 0.2) is 0 Å². The van der Waals surface area contributed by atoms with Gasteiger partial charge in [0.2, 0.25) is 0 Å². The van der Waals surface area contributed by atoms with Crippen molar-refractivity contribution in [2.45, 2.75) is 27.3 Å². The summed E-state index contributed by atoms with van der Waals surface area (Å²) < 4.78 is 1.68. The Morgan fingerprint density at radius 1 is 1.18 bits per heavy atom. The molecule has 0 aliphatic rings. The first-order valence-corrected chi connectivity index (χ1v) is 5.65. The molecule has 2 rings (SSSR count). The van der Waals surface area contributed by atoms with Gasteiger partial charge in [-0.2, -0.15) is 0 Å². The molecule has 0 spiro atoms. The van der Waals surface area contributed by atoms with Crippen molar-refractivity contribution < 1.29 is 0 Å². The summed E-state index contributed by atoms with van der Waals surface area (Å²) in [5.41, 5.74) is 4.86. The molecule has 0 unspecified atom stereocenters. The van der Waals surface area contributed by atoms with Crippen molar-refractivity contribution in [3.05, 3.63) is 63.3 Å². The van der Waals surface area contributed by atoms with E-state index in [2.05, 4.69) is 37.9 Å². The first-order valence-electron chi connectivity index (χ1n) is 5.65. The molecule has 1 aromatic carbocycles. The van der Waals surface area contributed by atoms with E-state index in [4.69, 9.17) is 0 Å². The van der Waals surface area contributed by atoms with Crippen LogP contribution in [0.5, 0.6) is 0 Å². The Morgan fingerprint density at radius 2 is 1.82 bits per heavy atom. The highest BCUT2D eigenvalue weighted by Gasteiger charge is 2.05. The molecular formula is C14H16N2O. The van der Waals surface area contributed by atoms with Gasteiger partial charge in [-0.1, -0.05) is 17.7 Å². The number of aryl methyl sites for hydroxylation is 3. The fourth-order valence-electron chi connectivity index (χ4n) is 2.13. The van der Waals surface area contributed by atoms with E-state index in [-0.39, 0.29) is 5.56 Å². The summed E-state index contributed by atoms with van der Waals surface area (Å²) in [6, 6.07) is 4.29. The first kappa shape index (κ1) is 11.6. The molecule has 0 amide bonds. The number of rotatable bonds is 2. The van der Waals surface area contributed by atoms with Crippen LogP contribution in [0.3, 0.4) is 0 Å². The van der Waals surface area contributed by atoms with E-state index in [1.54, 1.807) is 17.0 Å². The molecule has 0 saturated carbocycles. The number of benzene rings is 1. The van der Waals surface area contributed by atoms with E-state index in [0.29, 0.717) is 6.54 Å². The zero-order valence-corrected chi connectivity index (χ0v) is 10.4. The second kappa shape index (κ2) is 4.53. The second-order valence-corrected chi connectivity index (χ2v) is 4.42. The summed E-state index contributed by atoms with van der Waals surface area (Å²) in [7, 11) is 0. The Balaban J connectivity index is 2.44. The lowest BCUT2D eigenvalue weighted by atomic mass is 10.00. The minimum Gasteiger partial charge on any atom is -0.308 e. The molecule has 1 heterocycles. The molecule has 0 fully saturated rings. The molecule has 3 nitrogen and oxygen atoms in total. The average Bonchev–Trinajstić information content (AvgIpc) is 2.25. The predicted octanol–water partition coefficient (Wildman–Crippen LogP) is 2.22. The third-order valence-corrected chi connectivity index (χ3v) is 2.97. The van der Waals surface area contributed by atoms with Gasteiger partial charge < -0.3 is 4.57 Å². The highest BCUT2D eigenvalue weighted by molar-refractivity contribution is 5.37. The molecule has 1 aromatic heterocycles. The minimum absolute atomic E-state index is 0.0631. The highest BCUT2D eigenvalue weighted by Crippen LogP contribution is 2.16. The predicted molar refractivity (Wildman–Crippen MR) is 68.3 cm³/mol. The highest BCUT2D eigenvalue weighted by atomic mass is 16.1. The summed E-state index contributed by atoms with van der Waals surface area (Å²) in [5.74, 6) is 0. The van der Waals surface area contributed by atoms with Crippen LogP contribution in [-0.4, -0.2) is 9.55 Å². The maximum absolute atomic E-state index is 11.6. The summed E-state index contributed by atoms with van der Waals surface area (Å²) in [6.07, 6.45) is 4.71. The van der Waals surface area contributed by atoms with Crippen LogP contribution in [0, 0.1) is 20.8 Å². The first-order chi connectivity index (χ1) is 8.08. The summed E-state index contributed by atoms with van der Waals surface area (Å²) in [6.45, 7) is 6.87. The zero-order valence-electron chi connectivity index (χ0n) is 10.4. The third kappa shape index (κ3) is 2.44. The van der Waals surface area contributed by atoms with Crippen LogP contribution in [0.2, 0.25) is 0 Å². The van der Waals surface area contributed by atoms with Gasteiger partial charge in [-0.05, 0) is 37.5 Å². The number of aromatic nitrogens is 2. The summed E-state index contributed by atoms with van der Waals surface area (Å²) in [5, 5.41) is 0. The van der Waals surface area contributed by atoms with Gasteiger partial charge in [0.05, 0.1) is 12.7 Å². The van der Waals surface area contributed by atoms with Crippen LogP contribution >= 0.6 is 0 Å². The summed E-state index contributed by atoms with van der Waals surface area (Å²) in [4.78, 5) is 15.4. The van der Waals surface area contributed by atoms with Crippen molar-refractivity contribution in [3.8, 4) is 0 Å². The lowest BCUT2D eigenvalue weighted by Crippen LogP contribution is -2.20. The maximum atomic E-state index is 11.6. The van der Waals surface area contributed by atoms with Crippen LogP contribution in [0.15, 0.2) is 35.5 Å². The SMILES string of the molecule is Cc1cc(C)c(Cn2ccncc2=O)c(C)c1. The lowest BCUT2D eigenvalue weighted by Gasteiger charge is -2.12. The Kier molecular flexibility index (Phi) is 3.09. The Labute approximate surface area is 101 Å². The molecule has 0 radical (unpaired) electrons. The van der Waals surface area contributed by atoms with Gasteiger partial charge >= 0.3 is 0 Å². The van der Waals surface area contributed by atoms with Crippen molar-refractivity contribution in [1.29, 1.82) is 0 Å². The van der Waals surface area contributed by atoms with Gasteiger partial charge in [0, 0.05) is 12.4 Å². The van der Waals surface area contributed by atoms with E-state index in [9.17, 15) is 4.79 Å². The second-order valence-electron chi connectivity index (χ2n) is 4.42. The van der Waals surface area contributed by atoms with E-state index >= 15 is 0 Å². The van der Waals surface area contributed by atoms with Crippen LogP contribution in [-0.2, 0) is 6.54 Å². The van der Waals surface area contributed by atoms with Gasteiger partial charge in [-0.15, -0.1) is 0 Å². The molecule has 0 aliphatic carbocycles. The quantitative estimate of drug-likeness (QED) is 0.790. The van der Waals surface area contributed by atoms with Crippen LogP contribution < -0.4 is 5.56 Å². The Hall–Kier alpha value is -1.90. The standard InChI is InChI=1S/C14H16N2O/c1-10-6-11(2)13(12(3)7-10)9-16-5-4-15-8-14(16)17/h4-8H,9H2,1-3H3. The summed E-state index contributed by atoms with van der Waals surface area (Å²) >= 11 is 0. The smallest absolute Gasteiger partial charge is 0.269 e. The third-order valence-electron chi connectivity index (χ3n) is 2.97. The minimum atomic E-state index is -0.0631. The van der Waals surface area contributed by atoms with Crippen molar-refractivity contribution in [2.75, 3.05) is 0 Å². The van der Waals surface area contributed by atoms with Gasteiger partial charge in [-0.25, -0.2) is 0 Å². The van der Waals surface area contributed by atoms with Gasteiger partial charge in [0.1, 0.15) is 0 Å². The number of hydrogen-bond donors (Lipinski definition) is 0. The van der Waals surface area contributed by atoms with E-state index in [0.717, 1.165) is 0 Å². The Morgan fingerprint density at radius 3 is 2.41 bits per heavy atom. The van der Waals surface area contributed by atoms with Crippen molar-refractivity contribution in [3.63, 3.8) is 0 Å². The van der Waals surface area contributed by atoms with E-state index in [1.165, 1.54) is 28.5 Å². The van der Waals surface area contributed by atoms with Gasteiger partial charge in [-0.3, -0.25) is 9.78 Å². The largest absolute Gasteiger partial charge is 0.308 e. The van der Waals surface area contributed by atoms with Crippen molar-refractivity contribution >= 4 is 0 Å². The maximum Gasteiger partial charge on any atom is 0.269 e. The molecular weight excluding hydrogens is 212 g/mol. The molecule has 0 saturated heterocycles. The number of hydrogen-bond acceptors (Lipinski definition) is 2. The lowest BCUT2D eigenvalue weighted by molar-refractivity contribution is 0.740. The monoisotopic (exact) mass is 228 g/mol. The normalized spacial score (nSPS) is 10.5. The Bertz CT molecular complexity index is 576. The molecule has 2 aromatic rings. The topological polar surface area (TPSA) is 34.9 Å². The zero-order chi connectivity index (χ0) is 12.4. The number of nitrogens with zero attached hydrogens (tertiary/aromatic N) is 2. The van der Waals surface area contributed by atoms with Crippen LogP contribution in [0.4, 0.5) is 0 Å². The molecule has 88 valence electrons. The van der Waals surface area contributed by atoms with Crippen molar-refractivity contribution in [1.82, 2.24) is 9.55 Å². The molecule has 3 heteroatoms. The molecule has 0 bridgehead atoms. The van der Waals surface area contributed by atoms with E-state index in [1.807, 2.05) is 0 Å². The fourth-order valence-corrected chi connectivity index (χ4v) is 2.13. The van der Waals surface area contributed by atoms with E-state index < -0.39 is 0 Å². The molecule has 17 heavy (non-hydrogen) atoms. The fraction of sp³-hybridized carbons (Fsp3) is 0.286. The molecule has 0 aliphatic heterocycles. The van der Waals surface area contributed by atoms with Crippen LogP contribution in [0.25, 0.3) is 0 Å². The van der Waals surface area contributed by atoms with Crippen molar-refractivity contribution in [2.24, 2.45) is 0 Å². The molecule has 0 N–H and O–H groups in total. The van der Waals surface area contributed by atoms with Crippen LogP contribution in [0.1, 0.15) is 22.3 Å².